The average molecular weight is 387 g/mol. The normalized spacial score (nSPS) is 13.5. The van der Waals surface area contributed by atoms with Crippen LogP contribution in [0.15, 0.2) is 46.2 Å². The number of carbonyl (C=O) groups excluding carboxylic acids is 1. The molecule has 0 radical (unpaired) electrons. The molecule has 1 aliphatic rings. The molecule has 0 bridgehead atoms. The summed E-state index contributed by atoms with van der Waals surface area (Å²) in [5.41, 5.74) is 2.79. The van der Waals surface area contributed by atoms with Crippen LogP contribution in [0.2, 0.25) is 0 Å². The molecule has 2 aromatic carbocycles. The fraction of sp³-hybridized carbons (Fsp3) is 0.222. The van der Waals surface area contributed by atoms with Crippen LogP contribution in [0.3, 0.4) is 0 Å². The van der Waals surface area contributed by atoms with Gasteiger partial charge in [-0.1, -0.05) is 6.92 Å². The SMILES string of the molecule is CCc1cc(SC#N)ccc1NS(=O)(=O)c1ccc2c(c1)CCC(=O)N2. The molecule has 6 nitrogen and oxygen atoms in total. The van der Waals surface area contributed by atoms with Crippen LogP contribution in [-0.2, 0) is 27.7 Å². The van der Waals surface area contributed by atoms with Crippen LogP contribution in [-0.4, -0.2) is 14.3 Å². The van der Waals surface area contributed by atoms with Crippen molar-refractivity contribution in [2.75, 3.05) is 10.0 Å². The van der Waals surface area contributed by atoms with Crippen molar-refractivity contribution in [1.29, 1.82) is 5.26 Å². The van der Waals surface area contributed by atoms with E-state index in [-0.39, 0.29) is 10.8 Å². The molecule has 0 aliphatic carbocycles. The highest BCUT2D eigenvalue weighted by Gasteiger charge is 2.20. The summed E-state index contributed by atoms with van der Waals surface area (Å²) >= 11 is 1.04. The fourth-order valence-corrected chi connectivity index (χ4v) is 4.40. The topological polar surface area (TPSA) is 99.1 Å². The van der Waals surface area contributed by atoms with Gasteiger partial charge in [0.05, 0.1) is 10.6 Å². The average Bonchev–Trinajstić information content (AvgIpc) is 2.62. The number of nitrogens with zero attached hydrogens (tertiary/aromatic N) is 1. The Morgan fingerprint density at radius 1 is 1.23 bits per heavy atom. The molecule has 0 fully saturated rings. The molecular formula is C18H17N3O3S2. The number of hydrogen-bond acceptors (Lipinski definition) is 5. The molecule has 0 saturated heterocycles. The largest absolute Gasteiger partial charge is 0.326 e. The molecular weight excluding hydrogens is 370 g/mol. The van der Waals surface area contributed by atoms with E-state index < -0.39 is 10.0 Å². The molecule has 8 heteroatoms. The smallest absolute Gasteiger partial charge is 0.261 e. The zero-order valence-corrected chi connectivity index (χ0v) is 15.7. The van der Waals surface area contributed by atoms with Gasteiger partial charge in [-0.25, -0.2) is 8.42 Å². The first kappa shape index (κ1) is 18.3. The van der Waals surface area contributed by atoms with Crippen molar-refractivity contribution < 1.29 is 13.2 Å². The van der Waals surface area contributed by atoms with Crippen molar-refractivity contribution in [3.63, 3.8) is 0 Å². The van der Waals surface area contributed by atoms with Crippen LogP contribution in [0.5, 0.6) is 0 Å². The van der Waals surface area contributed by atoms with Crippen LogP contribution < -0.4 is 10.0 Å². The summed E-state index contributed by atoms with van der Waals surface area (Å²) in [6, 6.07) is 9.91. The van der Waals surface area contributed by atoms with Gasteiger partial charge in [-0.3, -0.25) is 9.52 Å². The summed E-state index contributed by atoms with van der Waals surface area (Å²) in [4.78, 5) is 12.4. The van der Waals surface area contributed by atoms with Gasteiger partial charge in [-0.05, 0) is 72.1 Å². The van der Waals surface area contributed by atoms with Crippen LogP contribution in [0.25, 0.3) is 0 Å². The van der Waals surface area contributed by atoms with E-state index in [1.807, 2.05) is 18.4 Å². The Balaban J connectivity index is 1.90. The minimum atomic E-state index is -3.75. The highest BCUT2D eigenvalue weighted by atomic mass is 32.2. The first-order valence-electron chi connectivity index (χ1n) is 8.07. The van der Waals surface area contributed by atoms with Crippen molar-refractivity contribution in [2.45, 2.75) is 36.0 Å². The predicted molar refractivity (Wildman–Crippen MR) is 101 cm³/mol. The second-order valence-corrected chi connectivity index (χ2v) is 8.38. The molecule has 134 valence electrons. The van der Waals surface area contributed by atoms with E-state index in [4.69, 9.17) is 5.26 Å². The molecule has 1 aliphatic heterocycles. The van der Waals surface area contributed by atoms with Gasteiger partial charge in [0.25, 0.3) is 10.0 Å². The number of hydrogen-bond donors (Lipinski definition) is 2. The lowest BCUT2D eigenvalue weighted by Crippen LogP contribution is -2.20. The molecule has 2 N–H and O–H groups in total. The molecule has 2 aromatic rings. The second kappa shape index (κ2) is 7.40. The molecule has 1 amide bonds. The third-order valence-electron chi connectivity index (χ3n) is 4.15. The Labute approximate surface area is 156 Å². The number of amides is 1. The number of thioether (sulfide) groups is 1. The number of benzene rings is 2. The molecule has 1 heterocycles. The molecule has 0 unspecified atom stereocenters. The molecule has 0 atom stereocenters. The number of anilines is 2. The lowest BCUT2D eigenvalue weighted by Gasteiger charge is -2.18. The Hall–Kier alpha value is -2.50. The van der Waals surface area contributed by atoms with Gasteiger partial charge in [0.2, 0.25) is 5.91 Å². The number of sulfonamides is 1. The monoisotopic (exact) mass is 387 g/mol. The Morgan fingerprint density at radius 2 is 2.04 bits per heavy atom. The first-order valence-corrected chi connectivity index (χ1v) is 10.4. The summed E-state index contributed by atoms with van der Waals surface area (Å²) in [7, 11) is -3.75. The van der Waals surface area contributed by atoms with Gasteiger partial charge in [0, 0.05) is 17.0 Å². The minimum absolute atomic E-state index is 0.0610. The number of fused-ring (bicyclic) bond motifs is 1. The lowest BCUT2D eigenvalue weighted by molar-refractivity contribution is -0.116. The van der Waals surface area contributed by atoms with Crippen LogP contribution in [0.4, 0.5) is 11.4 Å². The number of nitriles is 1. The summed E-state index contributed by atoms with van der Waals surface area (Å²) in [6.07, 6.45) is 1.50. The van der Waals surface area contributed by atoms with Crippen molar-refractivity contribution in [3.8, 4) is 5.40 Å². The van der Waals surface area contributed by atoms with E-state index >= 15 is 0 Å². The summed E-state index contributed by atoms with van der Waals surface area (Å²) in [6.45, 7) is 1.93. The lowest BCUT2D eigenvalue weighted by atomic mass is 10.0. The van der Waals surface area contributed by atoms with Crippen molar-refractivity contribution in [3.05, 3.63) is 47.5 Å². The van der Waals surface area contributed by atoms with Gasteiger partial charge in [0.1, 0.15) is 5.40 Å². The van der Waals surface area contributed by atoms with Crippen molar-refractivity contribution >= 4 is 39.1 Å². The Kier molecular flexibility index (Phi) is 5.20. The number of nitrogens with one attached hydrogen (secondary N) is 2. The second-order valence-electron chi connectivity index (χ2n) is 5.84. The molecule has 26 heavy (non-hydrogen) atoms. The zero-order valence-electron chi connectivity index (χ0n) is 14.1. The number of rotatable bonds is 5. The predicted octanol–water partition coefficient (Wildman–Crippen LogP) is 3.51. The maximum absolute atomic E-state index is 12.8. The maximum Gasteiger partial charge on any atom is 0.261 e. The van der Waals surface area contributed by atoms with E-state index in [0.717, 1.165) is 27.8 Å². The molecule has 0 saturated carbocycles. The fourth-order valence-electron chi connectivity index (χ4n) is 2.81. The summed E-state index contributed by atoms with van der Waals surface area (Å²) in [5.74, 6) is -0.0610. The third kappa shape index (κ3) is 3.84. The quantitative estimate of drug-likeness (QED) is 0.604. The van der Waals surface area contributed by atoms with Gasteiger partial charge < -0.3 is 5.32 Å². The van der Waals surface area contributed by atoms with Gasteiger partial charge in [-0.15, -0.1) is 0 Å². The van der Waals surface area contributed by atoms with E-state index in [0.29, 0.717) is 30.6 Å². The van der Waals surface area contributed by atoms with Crippen molar-refractivity contribution in [2.24, 2.45) is 0 Å². The van der Waals surface area contributed by atoms with Crippen LogP contribution in [0.1, 0.15) is 24.5 Å². The Morgan fingerprint density at radius 3 is 2.77 bits per heavy atom. The number of thiocyanates is 1. The van der Waals surface area contributed by atoms with E-state index in [1.54, 1.807) is 24.3 Å². The molecule has 0 spiro atoms. The van der Waals surface area contributed by atoms with E-state index in [1.165, 1.54) is 6.07 Å². The third-order valence-corrected chi connectivity index (χ3v) is 6.09. The van der Waals surface area contributed by atoms with Gasteiger partial charge >= 0.3 is 0 Å². The van der Waals surface area contributed by atoms with Gasteiger partial charge in [0.15, 0.2) is 0 Å². The number of aryl methyl sites for hydroxylation is 2. The maximum atomic E-state index is 12.8. The van der Waals surface area contributed by atoms with Gasteiger partial charge in [-0.2, -0.15) is 5.26 Å². The molecule has 0 aromatic heterocycles. The summed E-state index contributed by atoms with van der Waals surface area (Å²) in [5, 5.41) is 13.5. The highest BCUT2D eigenvalue weighted by molar-refractivity contribution is 8.03. The minimum Gasteiger partial charge on any atom is -0.326 e. The first-order chi connectivity index (χ1) is 12.4. The Bertz CT molecular complexity index is 1010. The molecule has 3 rings (SSSR count). The number of carbonyl (C=O) groups is 1. The van der Waals surface area contributed by atoms with E-state index in [9.17, 15) is 13.2 Å². The van der Waals surface area contributed by atoms with E-state index in [2.05, 4.69) is 10.0 Å². The van der Waals surface area contributed by atoms with Crippen LogP contribution in [0, 0.1) is 10.7 Å². The van der Waals surface area contributed by atoms with Crippen LogP contribution >= 0.6 is 11.8 Å². The zero-order chi connectivity index (χ0) is 18.7. The standard InChI is InChI=1S/C18H17N3O3S2/c1-2-12-9-14(25-11-19)4-6-17(12)21-26(23,24)15-5-7-16-13(10-15)3-8-18(22)20-16/h4-7,9-10,21H,2-3,8H2,1H3,(H,20,22). The summed E-state index contributed by atoms with van der Waals surface area (Å²) < 4.78 is 28.2. The highest BCUT2D eigenvalue weighted by Crippen LogP contribution is 2.29. The van der Waals surface area contributed by atoms with Crippen molar-refractivity contribution in [1.82, 2.24) is 0 Å².